The van der Waals surface area contributed by atoms with Crippen molar-refractivity contribution in [2.45, 2.75) is 13.1 Å². The molecule has 0 N–H and O–H groups in total. The Hall–Kier alpha value is -3.52. The Bertz CT molecular complexity index is 1190. The fourth-order valence-electron chi connectivity index (χ4n) is 3.30. The number of carbonyl (C=O) groups is 1. The fraction of sp³-hybridized carbons (Fsp3) is 0.150. The summed E-state index contributed by atoms with van der Waals surface area (Å²) in [4.78, 5) is 19.3. The Kier molecular flexibility index (Phi) is 4.33. The molecule has 4 aromatic rings. The Morgan fingerprint density at radius 1 is 1.03 bits per heavy atom. The molecule has 5 rings (SSSR count). The van der Waals surface area contributed by atoms with E-state index in [1.54, 1.807) is 9.58 Å². The van der Waals surface area contributed by atoms with Crippen LogP contribution in [0.4, 0.5) is 0 Å². The van der Waals surface area contributed by atoms with Gasteiger partial charge in [0.15, 0.2) is 11.4 Å². The second kappa shape index (κ2) is 7.14. The van der Waals surface area contributed by atoms with Crippen molar-refractivity contribution >= 4 is 17.5 Å². The average Bonchev–Trinajstić information content (AvgIpc) is 3.40. The number of aromatic nitrogens is 5. The van der Waals surface area contributed by atoms with Gasteiger partial charge in [0.1, 0.15) is 0 Å². The molecule has 3 heterocycles. The molecule has 144 valence electrons. The maximum Gasteiger partial charge on any atom is 0.281 e. The molecule has 1 aliphatic rings. The summed E-state index contributed by atoms with van der Waals surface area (Å²) in [6, 6.07) is 16.9. The molecule has 9 heteroatoms. The van der Waals surface area contributed by atoms with Crippen LogP contribution in [0, 0.1) is 0 Å². The highest BCUT2D eigenvalue weighted by Crippen LogP contribution is 2.27. The smallest absolute Gasteiger partial charge is 0.281 e. The highest BCUT2D eigenvalue weighted by Gasteiger charge is 2.33. The van der Waals surface area contributed by atoms with Crippen LogP contribution in [0.2, 0.25) is 5.02 Å². The van der Waals surface area contributed by atoms with E-state index in [9.17, 15) is 4.79 Å². The van der Waals surface area contributed by atoms with E-state index in [0.29, 0.717) is 36.2 Å². The van der Waals surface area contributed by atoms with Crippen LogP contribution in [-0.2, 0) is 13.1 Å². The molecule has 0 fully saturated rings. The SMILES string of the molecule is O=C1c2c(-c3nc(-c4ccccc4)no3)nnn2CCN1Cc1ccccc1Cl. The second-order valence-electron chi connectivity index (χ2n) is 6.62. The van der Waals surface area contributed by atoms with Crippen molar-refractivity contribution in [3.8, 4) is 23.0 Å². The standard InChI is InChI=1S/C20H15ClN6O2/c21-15-9-5-4-8-14(15)12-26-10-11-27-17(20(26)28)16(23-25-27)19-22-18(24-29-19)13-6-2-1-3-7-13/h1-9H,10-12H2. The van der Waals surface area contributed by atoms with E-state index in [2.05, 4.69) is 20.5 Å². The minimum Gasteiger partial charge on any atom is -0.332 e. The lowest BCUT2D eigenvalue weighted by Crippen LogP contribution is -2.40. The Balaban J connectivity index is 1.46. The molecule has 0 saturated heterocycles. The summed E-state index contributed by atoms with van der Waals surface area (Å²) in [6.07, 6.45) is 0. The molecule has 29 heavy (non-hydrogen) atoms. The third-order valence-corrected chi connectivity index (χ3v) is 5.15. The molecule has 2 aromatic heterocycles. The van der Waals surface area contributed by atoms with Gasteiger partial charge in [-0.25, -0.2) is 4.68 Å². The number of carbonyl (C=O) groups excluding carboxylic acids is 1. The summed E-state index contributed by atoms with van der Waals surface area (Å²) in [5.41, 5.74) is 2.32. The largest absolute Gasteiger partial charge is 0.332 e. The van der Waals surface area contributed by atoms with Crippen molar-refractivity contribution in [2.24, 2.45) is 0 Å². The lowest BCUT2D eigenvalue weighted by Gasteiger charge is -2.27. The van der Waals surface area contributed by atoms with Crippen molar-refractivity contribution in [1.82, 2.24) is 30.0 Å². The lowest BCUT2D eigenvalue weighted by atomic mass is 10.1. The van der Waals surface area contributed by atoms with Gasteiger partial charge in [0.2, 0.25) is 5.82 Å². The Morgan fingerprint density at radius 3 is 2.66 bits per heavy atom. The van der Waals surface area contributed by atoms with E-state index < -0.39 is 0 Å². The number of halogens is 1. The number of amides is 1. The maximum absolute atomic E-state index is 13.2. The van der Waals surface area contributed by atoms with Gasteiger partial charge in [-0.2, -0.15) is 4.98 Å². The molecule has 0 bridgehead atoms. The lowest BCUT2D eigenvalue weighted by molar-refractivity contribution is 0.0684. The van der Waals surface area contributed by atoms with E-state index in [4.69, 9.17) is 16.1 Å². The number of benzene rings is 2. The summed E-state index contributed by atoms with van der Waals surface area (Å²) in [5.74, 6) is 0.396. The molecule has 1 amide bonds. The number of rotatable bonds is 4. The van der Waals surface area contributed by atoms with Crippen LogP contribution >= 0.6 is 11.6 Å². The molecule has 1 aliphatic heterocycles. The summed E-state index contributed by atoms with van der Waals surface area (Å²) in [5, 5.41) is 12.9. The van der Waals surface area contributed by atoms with Gasteiger partial charge in [0, 0.05) is 23.7 Å². The van der Waals surface area contributed by atoms with Gasteiger partial charge < -0.3 is 9.42 Å². The van der Waals surface area contributed by atoms with Crippen LogP contribution in [0.25, 0.3) is 23.0 Å². The zero-order valence-corrected chi connectivity index (χ0v) is 16.0. The third kappa shape index (κ3) is 3.17. The maximum atomic E-state index is 13.2. The Morgan fingerprint density at radius 2 is 1.83 bits per heavy atom. The number of nitrogens with zero attached hydrogens (tertiary/aromatic N) is 6. The van der Waals surface area contributed by atoms with E-state index in [-0.39, 0.29) is 17.5 Å². The number of fused-ring (bicyclic) bond motifs is 1. The van der Waals surface area contributed by atoms with Gasteiger partial charge in [0.25, 0.3) is 11.8 Å². The predicted octanol–water partition coefficient (Wildman–Crippen LogP) is 3.30. The summed E-state index contributed by atoms with van der Waals surface area (Å²) < 4.78 is 6.96. The molecule has 0 radical (unpaired) electrons. The molecule has 0 unspecified atom stereocenters. The molecule has 0 spiro atoms. The summed E-state index contributed by atoms with van der Waals surface area (Å²) >= 11 is 6.26. The zero-order valence-electron chi connectivity index (χ0n) is 15.2. The van der Waals surface area contributed by atoms with Gasteiger partial charge in [0.05, 0.1) is 6.54 Å². The quantitative estimate of drug-likeness (QED) is 0.516. The van der Waals surface area contributed by atoms with E-state index in [0.717, 1.165) is 11.1 Å². The topological polar surface area (TPSA) is 89.9 Å². The van der Waals surface area contributed by atoms with Crippen LogP contribution in [0.15, 0.2) is 59.1 Å². The minimum atomic E-state index is -0.198. The molecule has 0 atom stereocenters. The monoisotopic (exact) mass is 406 g/mol. The molecule has 2 aromatic carbocycles. The van der Waals surface area contributed by atoms with Gasteiger partial charge >= 0.3 is 0 Å². The van der Waals surface area contributed by atoms with Crippen LogP contribution in [0.3, 0.4) is 0 Å². The Labute approximate surface area is 170 Å². The van der Waals surface area contributed by atoms with Crippen molar-refractivity contribution in [1.29, 1.82) is 0 Å². The highest BCUT2D eigenvalue weighted by molar-refractivity contribution is 6.31. The first kappa shape index (κ1) is 17.6. The van der Waals surface area contributed by atoms with Crippen LogP contribution < -0.4 is 0 Å². The van der Waals surface area contributed by atoms with Crippen molar-refractivity contribution < 1.29 is 9.32 Å². The van der Waals surface area contributed by atoms with Crippen LogP contribution in [-0.4, -0.2) is 42.5 Å². The average molecular weight is 407 g/mol. The predicted molar refractivity (Wildman–Crippen MR) is 105 cm³/mol. The normalized spacial score (nSPS) is 13.6. The van der Waals surface area contributed by atoms with Gasteiger partial charge in [-0.15, -0.1) is 5.10 Å². The molecule has 0 aliphatic carbocycles. The molecule has 8 nitrogen and oxygen atoms in total. The number of hydrogen-bond acceptors (Lipinski definition) is 6. The van der Waals surface area contributed by atoms with Gasteiger partial charge in [-0.3, -0.25) is 4.79 Å². The fourth-order valence-corrected chi connectivity index (χ4v) is 3.49. The first-order valence-corrected chi connectivity index (χ1v) is 9.44. The van der Waals surface area contributed by atoms with Crippen molar-refractivity contribution in [3.05, 3.63) is 70.9 Å². The van der Waals surface area contributed by atoms with E-state index >= 15 is 0 Å². The summed E-state index contributed by atoms with van der Waals surface area (Å²) in [6.45, 7) is 1.44. The summed E-state index contributed by atoms with van der Waals surface area (Å²) in [7, 11) is 0. The first-order valence-electron chi connectivity index (χ1n) is 9.06. The van der Waals surface area contributed by atoms with E-state index in [1.807, 2.05) is 54.6 Å². The molecule has 0 saturated carbocycles. The second-order valence-corrected chi connectivity index (χ2v) is 7.02. The molecular formula is C20H15ClN6O2. The first-order chi connectivity index (χ1) is 14.2. The number of hydrogen-bond donors (Lipinski definition) is 0. The van der Waals surface area contributed by atoms with Crippen LogP contribution in [0.5, 0.6) is 0 Å². The third-order valence-electron chi connectivity index (χ3n) is 4.79. The van der Waals surface area contributed by atoms with Crippen molar-refractivity contribution in [3.63, 3.8) is 0 Å². The zero-order chi connectivity index (χ0) is 19.8. The highest BCUT2D eigenvalue weighted by atomic mass is 35.5. The van der Waals surface area contributed by atoms with Crippen LogP contribution in [0.1, 0.15) is 16.1 Å². The van der Waals surface area contributed by atoms with Crippen molar-refractivity contribution in [2.75, 3.05) is 6.54 Å². The van der Waals surface area contributed by atoms with Gasteiger partial charge in [-0.1, -0.05) is 70.5 Å². The molecular weight excluding hydrogens is 392 g/mol. The minimum absolute atomic E-state index is 0.165. The van der Waals surface area contributed by atoms with E-state index in [1.165, 1.54) is 0 Å². The van der Waals surface area contributed by atoms with Gasteiger partial charge in [-0.05, 0) is 11.6 Å².